The van der Waals surface area contributed by atoms with Crippen LogP contribution in [-0.2, 0) is 54.1 Å². The van der Waals surface area contributed by atoms with Crippen LogP contribution in [0.2, 0.25) is 0 Å². The number of esters is 4. The van der Waals surface area contributed by atoms with Crippen LogP contribution in [0.15, 0.2) is 15.0 Å². The molecule has 3 saturated carbocycles. The van der Waals surface area contributed by atoms with Crippen LogP contribution in [0, 0.1) is 23.2 Å². The third-order valence-corrected chi connectivity index (χ3v) is 11.7. The van der Waals surface area contributed by atoms with E-state index in [1.165, 1.54) is 19.6 Å². The number of ketones is 1. The molecule has 3 fully saturated rings. The lowest BCUT2D eigenvalue weighted by Crippen LogP contribution is -2.60. The number of rotatable bonds is 6. The minimum atomic E-state index is -1.37. The second-order valence-electron chi connectivity index (χ2n) is 12.8. The first-order chi connectivity index (χ1) is 21.2. The van der Waals surface area contributed by atoms with Gasteiger partial charge in [-0.15, -0.1) is 0 Å². The molecule has 2 unspecified atom stereocenters. The smallest absolute Gasteiger partial charge is 0.312 e. The highest BCUT2D eigenvalue weighted by molar-refractivity contribution is 9.11. The molecule has 0 saturated heterocycles. The molecule has 1 aromatic rings. The molecular formula is C32H38Br2O11. The van der Waals surface area contributed by atoms with E-state index in [4.69, 9.17) is 23.7 Å². The van der Waals surface area contributed by atoms with Crippen LogP contribution in [0.3, 0.4) is 0 Å². The van der Waals surface area contributed by atoms with Gasteiger partial charge in [0, 0.05) is 26.2 Å². The molecule has 0 bridgehead atoms. The Balaban J connectivity index is 1.46. The Morgan fingerprint density at radius 1 is 0.933 bits per heavy atom. The first-order valence-electron chi connectivity index (χ1n) is 15.2. The highest BCUT2D eigenvalue weighted by atomic mass is 79.9. The summed E-state index contributed by atoms with van der Waals surface area (Å²) < 4.78 is 29.4. The maximum Gasteiger partial charge on any atom is 0.312 e. The molecule has 0 spiro atoms. The van der Waals surface area contributed by atoms with Gasteiger partial charge >= 0.3 is 23.9 Å². The molecule has 1 N–H and O–H groups in total. The van der Waals surface area contributed by atoms with Gasteiger partial charge in [-0.25, -0.2) is 0 Å². The van der Waals surface area contributed by atoms with Gasteiger partial charge in [0.25, 0.3) is 0 Å². The molecule has 0 heterocycles. The van der Waals surface area contributed by atoms with Gasteiger partial charge in [0.1, 0.15) is 23.9 Å². The molecule has 4 aliphatic rings. The monoisotopic (exact) mass is 756 g/mol. The normalized spacial score (nSPS) is 35.4. The average molecular weight is 758 g/mol. The quantitative estimate of drug-likeness (QED) is 0.318. The van der Waals surface area contributed by atoms with Gasteiger partial charge in [0.15, 0.2) is 24.1 Å². The van der Waals surface area contributed by atoms with Crippen LogP contribution in [0.5, 0.6) is 5.75 Å². The van der Waals surface area contributed by atoms with Gasteiger partial charge in [-0.05, 0) is 105 Å². The van der Waals surface area contributed by atoms with Crippen LogP contribution >= 0.6 is 31.9 Å². The first-order valence-corrected chi connectivity index (χ1v) is 16.8. The number of carbonyl (C=O) groups excluding carboxylic acids is 5. The van der Waals surface area contributed by atoms with Crippen molar-refractivity contribution >= 4 is 61.5 Å². The summed E-state index contributed by atoms with van der Waals surface area (Å²) in [5, 5.41) is 10.5. The van der Waals surface area contributed by atoms with Crippen LogP contribution in [0.1, 0.15) is 76.8 Å². The number of carbonyl (C=O) groups is 5. The number of phenols is 1. The topological polar surface area (TPSA) is 152 Å². The van der Waals surface area contributed by atoms with Crippen LogP contribution in [0.25, 0.3) is 0 Å². The Hall–Kier alpha value is -2.51. The lowest BCUT2D eigenvalue weighted by Gasteiger charge is -2.48. The van der Waals surface area contributed by atoms with Gasteiger partial charge in [-0.3, -0.25) is 24.0 Å². The van der Waals surface area contributed by atoms with E-state index in [1.807, 2.05) is 13.0 Å². The van der Waals surface area contributed by atoms with E-state index in [2.05, 4.69) is 31.9 Å². The number of ether oxygens (including phenoxy) is 5. The summed E-state index contributed by atoms with van der Waals surface area (Å²) >= 11 is 7.05. The van der Waals surface area contributed by atoms with Gasteiger partial charge < -0.3 is 28.8 Å². The highest BCUT2D eigenvalue weighted by Gasteiger charge is 2.61. The lowest BCUT2D eigenvalue weighted by molar-refractivity contribution is -0.225. The number of fused-ring (bicyclic) bond motifs is 5. The molecule has 246 valence electrons. The number of methoxy groups -OCH3 is 1. The van der Waals surface area contributed by atoms with Crippen molar-refractivity contribution in [2.45, 2.75) is 103 Å². The van der Waals surface area contributed by atoms with E-state index in [-0.39, 0.29) is 35.7 Å². The van der Waals surface area contributed by atoms with Crippen LogP contribution in [0.4, 0.5) is 0 Å². The summed E-state index contributed by atoms with van der Waals surface area (Å²) in [5.74, 6) is -3.45. The number of halogens is 2. The maximum atomic E-state index is 14.2. The molecule has 0 amide bonds. The van der Waals surface area contributed by atoms with Crippen molar-refractivity contribution in [1.29, 1.82) is 0 Å². The summed E-state index contributed by atoms with van der Waals surface area (Å²) in [5.41, 5.74) is 1.62. The fourth-order valence-electron chi connectivity index (χ4n) is 8.40. The van der Waals surface area contributed by atoms with Crippen molar-refractivity contribution < 1.29 is 52.8 Å². The van der Waals surface area contributed by atoms with E-state index in [0.29, 0.717) is 21.8 Å². The molecule has 5 rings (SSSR count). The minimum Gasteiger partial charge on any atom is -0.506 e. The molecule has 0 aliphatic heterocycles. The Morgan fingerprint density at radius 3 is 2.18 bits per heavy atom. The van der Waals surface area contributed by atoms with Crippen molar-refractivity contribution in [2.75, 3.05) is 7.11 Å². The predicted octanol–water partition coefficient (Wildman–Crippen LogP) is 4.69. The SMILES string of the molecule is COC(=O)[C@H]1C[C@@H](OC2C[C@H]3[C@@H]4CCc5c(cc(Br)c(O)c5Br)[C@H]4CC[C@]3(C)C2=O)C(OC(C)=O)[C@@H](OC(C)=O)[C@@H]1OC(C)=O. The molecule has 0 aromatic heterocycles. The number of hydrogen-bond acceptors (Lipinski definition) is 11. The van der Waals surface area contributed by atoms with Crippen LogP contribution < -0.4 is 0 Å². The molecule has 1 aromatic carbocycles. The largest absolute Gasteiger partial charge is 0.506 e. The molecular weight excluding hydrogens is 720 g/mol. The molecule has 11 nitrogen and oxygen atoms in total. The molecule has 0 radical (unpaired) electrons. The lowest BCUT2D eigenvalue weighted by atomic mass is 9.55. The van der Waals surface area contributed by atoms with Crippen molar-refractivity contribution in [3.63, 3.8) is 0 Å². The second kappa shape index (κ2) is 12.9. The first kappa shape index (κ1) is 33.8. The Bertz CT molecular complexity index is 1410. The van der Waals surface area contributed by atoms with Crippen molar-refractivity contribution in [1.82, 2.24) is 0 Å². The number of benzene rings is 1. The van der Waals surface area contributed by atoms with Crippen LogP contribution in [-0.4, -0.2) is 72.4 Å². The molecule has 45 heavy (non-hydrogen) atoms. The van der Waals surface area contributed by atoms with Crippen molar-refractivity contribution in [3.8, 4) is 5.75 Å². The third kappa shape index (κ3) is 6.16. The second-order valence-corrected chi connectivity index (χ2v) is 14.5. The Labute approximate surface area is 278 Å². The summed E-state index contributed by atoms with van der Waals surface area (Å²) in [4.78, 5) is 63.6. The summed E-state index contributed by atoms with van der Waals surface area (Å²) in [6.07, 6.45) is -2.44. The van der Waals surface area contributed by atoms with Crippen molar-refractivity contribution in [3.05, 3.63) is 26.1 Å². The maximum absolute atomic E-state index is 14.2. The molecule has 10 atom stereocenters. The number of aromatic hydroxyl groups is 1. The minimum absolute atomic E-state index is 0.0125. The van der Waals surface area contributed by atoms with E-state index in [1.54, 1.807) is 0 Å². The fourth-order valence-corrected chi connectivity index (χ4v) is 9.75. The van der Waals surface area contributed by atoms with Gasteiger partial charge in [-0.2, -0.15) is 0 Å². The summed E-state index contributed by atoms with van der Waals surface area (Å²) in [7, 11) is 1.19. The van der Waals surface area contributed by atoms with Gasteiger partial charge in [0.2, 0.25) is 0 Å². The van der Waals surface area contributed by atoms with E-state index < -0.39 is 65.7 Å². The molecule has 4 aliphatic carbocycles. The third-order valence-electron chi connectivity index (χ3n) is 10.3. The summed E-state index contributed by atoms with van der Waals surface area (Å²) in [6, 6.07) is 1.99. The van der Waals surface area contributed by atoms with Gasteiger partial charge in [-0.1, -0.05) is 6.92 Å². The molecule has 13 heteroatoms. The predicted molar refractivity (Wildman–Crippen MR) is 164 cm³/mol. The van der Waals surface area contributed by atoms with E-state index in [9.17, 15) is 29.1 Å². The highest BCUT2D eigenvalue weighted by Crippen LogP contribution is 2.61. The fraction of sp³-hybridized carbons (Fsp3) is 0.656. The standard InChI is InChI=1S/C32H38Br2O11/c1-13(35)42-27-20(31(40)41-5)11-23(28(43-14(2)36)29(27)44-15(3)37)45-24-12-21-17-6-7-18-19(10-22(33)26(38)25(18)34)16(17)8-9-32(21,4)30(24)39/h10,16-17,20-21,23-24,27-29,38H,6-9,11-12H2,1-5H3/t16-,17+,20-,21-,23+,24?,27+,28?,29-,32-/m0/s1. The average Bonchev–Trinajstić information content (AvgIpc) is 3.22. The zero-order chi connectivity index (χ0) is 33.0. The Morgan fingerprint density at radius 2 is 1.56 bits per heavy atom. The van der Waals surface area contributed by atoms with Gasteiger partial charge in [0.05, 0.1) is 16.1 Å². The van der Waals surface area contributed by atoms with E-state index >= 15 is 0 Å². The zero-order valence-corrected chi connectivity index (χ0v) is 29.0. The van der Waals surface area contributed by atoms with E-state index in [0.717, 1.165) is 38.7 Å². The number of Topliss-reactive ketones (excluding diaryl/α,β-unsaturated/α-hetero) is 1. The number of hydrogen-bond donors (Lipinski definition) is 1. The number of phenolic OH excluding ortho intramolecular Hbond substituents is 1. The summed E-state index contributed by atoms with van der Waals surface area (Å²) in [6.45, 7) is 5.48. The zero-order valence-electron chi connectivity index (χ0n) is 25.8. The van der Waals surface area contributed by atoms with Crippen molar-refractivity contribution in [2.24, 2.45) is 23.2 Å². The Kier molecular flexibility index (Phi) is 9.73.